The van der Waals surface area contributed by atoms with Gasteiger partial charge in [-0.1, -0.05) is 48.5 Å². The summed E-state index contributed by atoms with van der Waals surface area (Å²) >= 11 is 0. The summed E-state index contributed by atoms with van der Waals surface area (Å²) in [6, 6.07) is 18.4. The molecule has 0 unspecified atom stereocenters. The number of carbonyl (C=O) groups excluding carboxylic acids is 1. The molecule has 5 nitrogen and oxygen atoms in total. The smallest absolute Gasteiger partial charge is 0.330 e. The van der Waals surface area contributed by atoms with E-state index in [0.717, 1.165) is 41.4 Å². The molecule has 1 aromatic heterocycles. The van der Waals surface area contributed by atoms with Crippen molar-refractivity contribution in [2.45, 2.75) is 32.1 Å². The van der Waals surface area contributed by atoms with Crippen LogP contribution in [0.15, 0.2) is 66.9 Å². The quantitative estimate of drug-likeness (QED) is 0.395. The predicted molar refractivity (Wildman–Crippen MR) is 117 cm³/mol. The van der Waals surface area contributed by atoms with Crippen LogP contribution in [0.25, 0.3) is 17.0 Å². The first-order chi connectivity index (χ1) is 14.7. The Hall–Kier alpha value is -2.89. The van der Waals surface area contributed by atoms with Crippen molar-refractivity contribution in [3.05, 3.63) is 78.0 Å². The molecule has 0 atom stereocenters. The van der Waals surface area contributed by atoms with Gasteiger partial charge in [0.1, 0.15) is 0 Å². The standard InChI is InChI=1S/C25H27NO4/c1-2-28-24(27)14-13-20-19-26(23-12-7-6-11-22(20)23)16-8-15-25(29-17-18-30-25)21-9-4-3-5-10-21/h3-7,9-14,19H,2,8,15-18H2,1H3. The molecule has 1 saturated heterocycles. The van der Waals surface area contributed by atoms with E-state index in [-0.39, 0.29) is 5.97 Å². The van der Waals surface area contributed by atoms with Gasteiger partial charge in [-0.05, 0) is 25.5 Å². The zero-order chi connectivity index (χ0) is 20.8. The van der Waals surface area contributed by atoms with Gasteiger partial charge in [0.05, 0.1) is 19.8 Å². The van der Waals surface area contributed by atoms with Crippen LogP contribution in [0.5, 0.6) is 0 Å². The summed E-state index contributed by atoms with van der Waals surface area (Å²) in [4.78, 5) is 11.7. The van der Waals surface area contributed by atoms with E-state index in [1.165, 1.54) is 6.08 Å². The first kappa shape index (κ1) is 20.4. The zero-order valence-electron chi connectivity index (χ0n) is 17.3. The number of benzene rings is 2. The number of para-hydroxylation sites is 1. The summed E-state index contributed by atoms with van der Waals surface area (Å²) in [5.41, 5.74) is 3.21. The van der Waals surface area contributed by atoms with E-state index in [0.29, 0.717) is 19.8 Å². The molecular formula is C25H27NO4. The average Bonchev–Trinajstić information content (AvgIpc) is 3.39. The van der Waals surface area contributed by atoms with Crippen molar-refractivity contribution < 1.29 is 19.0 Å². The first-order valence-corrected chi connectivity index (χ1v) is 10.5. The van der Waals surface area contributed by atoms with Gasteiger partial charge in [0.25, 0.3) is 0 Å². The van der Waals surface area contributed by atoms with Crippen molar-refractivity contribution in [3.63, 3.8) is 0 Å². The molecule has 1 fully saturated rings. The summed E-state index contributed by atoms with van der Waals surface area (Å²) in [6.45, 7) is 4.24. The van der Waals surface area contributed by atoms with Crippen LogP contribution in [-0.4, -0.2) is 30.4 Å². The maximum absolute atomic E-state index is 11.7. The number of rotatable bonds is 8. The van der Waals surface area contributed by atoms with Crippen molar-refractivity contribution in [2.24, 2.45) is 0 Å². The highest BCUT2D eigenvalue weighted by Gasteiger charge is 2.37. The number of carbonyl (C=O) groups is 1. The monoisotopic (exact) mass is 405 g/mol. The van der Waals surface area contributed by atoms with Crippen LogP contribution in [0.2, 0.25) is 0 Å². The van der Waals surface area contributed by atoms with Gasteiger partial charge >= 0.3 is 5.97 Å². The second-order valence-corrected chi connectivity index (χ2v) is 7.30. The van der Waals surface area contributed by atoms with E-state index in [1.807, 2.05) is 36.4 Å². The third-order valence-corrected chi connectivity index (χ3v) is 5.38. The fraction of sp³-hybridized carbons (Fsp3) is 0.320. The Labute approximate surface area is 176 Å². The van der Waals surface area contributed by atoms with Crippen LogP contribution in [0.4, 0.5) is 0 Å². The van der Waals surface area contributed by atoms with Crippen LogP contribution in [-0.2, 0) is 31.3 Å². The predicted octanol–water partition coefficient (Wildman–Crippen LogP) is 4.90. The van der Waals surface area contributed by atoms with Crippen LogP contribution < -0.4 is 0 Å². The molecule has 1 aliphatic heterocycles. The molecule has 2 aromatic carbocycles. The normalized spacial score (nSPS) is 15.8. The maximum Gasteiger partial charge on any atom is 0.330 e. The van der Waals surface area contributed by atoms with Gasteiger partial charge in [-0.15, -0.1) is 0 Å². The van der Waals surface area contributed by atoms with E-state index in [1.54, 1.807) is 6.92 Å². The van der Waals surface area contributed by atoms with Crippen molar-refractivity contribution in [1.82, 2.24) is 4.57 Å². The molecule has 3 aromatic rings. The molecule has 0 amide bonds. The number of nitrogens with zero attached hydrogens (tertiary/aromatic N) is 1. The Morgan fingerprint density at radius 3 is 2.60 bits per heavy atom. The molecule has 1 aliphatic rings. The van der Waals surface area contributed by atoms with Gasteiger partial charge in [0.2, 0.25) is 0 Å². The Kier molecular flexibility index (Phi) is 6.31. The minimum absolute atomic E-state index is 0.324. The lowest BCUT2D eigenvalue weighted by Crippen LogP contribution is -2.27. The highest BCUT2D eigenvalue weighted by molar-refractivity contribution is 5.94. The second-order valence-electron chi connectivity index (χ2n) is 7.30. The number of aromatic nitrogens is 1. The van der Waals surface area contributed by atoms with Gasteiger partial charge in [0, 0.05) is 47.3 Å². The lowest BCUT2D eigenvalue weighted by molar-refractivity contribution is -0.172. The summed E-state index contributed by atoms with van der Waals surface area (Å²) in [5.74, 6) is -0.980. The van der Waals surface area contributed by atoms with E-state index in [4.69, 9.17) is 14.2 Å². The van der Waals surface area contributed by atoms with Crippen LogP contribution in [0.3, 0.4) is 0 Å². The molecule has 0 aliphatic carbocycles. The lowest BCUT2D eigenvalue weighted by atomic mass is 10.0. The minimum Gasteiger partial charge on any atom is -0.463 e. The van der Waals surface area contributed by atoms with E-state index < -0.39 is 5.79 Å². The van der Waals surface area contributed by atoms with Crippen molar-refractivity contribution in [2.75, 3.05) is 19.8 Å². The van der Waals surface area contributed by atoms with Gasteiger partial charge < -0.3 is 18.8 Å². The Balaban J connectivity index is 1.51. The Morgan fingerprint density at radius 2 is 1.83 bits per heavy atom. The summed E-state index contributed by atoms with van der Waals surface area (Å²) in [7, 11) is 0. The van der Waals surface area contributed by atoms with Crippen molar-refractivity contribution in [3.8, 4) is 0 Å². The zero-order valence-corrected chi connectivity index (χ0v) is 17.3. The minimum atomic E-state index is -0.656. The number of esters is 1. The molecule has 0 radical (unpaired) electrons. The second kappa shape index (κ2) is 9.28. The Bertz CT molecular complexity index is 1020. The maximum atomic E-state index is 11.7. The molecule has 30 heavy (non-hydrogen) atoms. The molecule has 0 N–H and O–H groups in total. The van der Waals surface area contributed by atoms with Gasteiger partial charge in [-0.2, -0.15) is 0 Å². The highest BCUT2D eigenvalue weighted by atomic mass is 16.7. The molecule has 0 bridgehead atoms. The number of fused-ring (bicyclic) bond motifs is 1. The average molecular weight is 405 g/mol. The van der Waals surface area contributed by atoms with E-state index in [9.17, 15) is 4.79 Å². The third-order valence-electron chi connectivity index (χ3n) is 5.38. The molecule has 2 heterocycles. The van der Waals surface area contributed by atoms with Crippen LogP contribution in [0.1, 0.15) is 30.9 Å². The fourth-order valence-corrected chi connectivity index (χ4v) is 4.03. The lowest BCUT2D eigenvalue weighted by Gasteiger charge is -2.28. The number of hydrogen-bond acceptors (Lipinski definition) is 4. The fourth-order valence-electron chi connectivity index (χ4n) is 4.03. The largest absolute Gasteiger partial charge is 0.463 e. The number of aryl methyl sites for hydroxylation is 1. The van der Waals surface area contributed by atoms with Crippen LogP contribution >= 0.6 is 0 Å². The highest BCUT2D eigenvalue weighted by Crippen LogP contribution is 2.36. The SMILES string of the molecule is CCOC(=O)C=Cc1cn(CCCC2(c3ccccc3)OCCO2)c2ccccc12. The summed E-state index contributed by atoms with van der Waals surface area (Å²) in [6.07, 6.45) is 7.07. The Morgan fingerprint density at radius 1 is 1.10 bits per heavy atom. The molecule has 4 rings (SSSR count). The van der Waals surface area contributed by atoms with Gasteiger partial charge in [0.15, 0.2) is 5.79 Å². The molecule has 5 heteroatoms. The topological polar surface area (TPSA) is 49.7 Å². The van der Waals surface area contributed by atoms with Gasteiger partial charge in [-0.25, -0.2) is 4.79 Å². The molecular weight excluding hydrogens is 378 g/mol. The molecule has 0 spiro atoms. The van der Waals surface area contributed by atoms with Crippen LogP contribution in [0, 0.1) is 0 Å². The molecule has 156 valence electrons. The first-order valence-electron chi connectivity index (χ1n) is 10.5. The van der Waals surface area contributed by atoms with Crippen molar-refractivity contribution >= 4 is 22.9 Å². The number of ether oxygens (including phenoxy) is 3. The third kappa shape index (κ3) is 4.32. The van der Waals surface area contributed by atoms with E-state index in [2.05, 4.69) is 35.0 Å². The number of hydrogen-bond donors (Lipinski definition) is 0. The summed E-state index contributed by atoms with van der Waals surface area (Å²) in [5, 5.41) is 1.11. The summed E-state index contributed by atoms with van der Waals surface area (Å²) < 4.78 is 19.3. The van der Waals surface area contributed by atoms with Gasteiger partial charge in [-0.3, -0.25) is 0 Å². The van der Waals surface area contributed by atoms with E-state index >= 15 is 0 Å². The molecule has 0 saturated carbocycles. The van der Waals surface area contributed by atoms with Crippen molar-refractivity contribution in [1.29, 1.82) is 0 Å².